The third-order valence-electron chi connectivity index (χ3n) is 3.43. The van der Waals surface area contributed by atoms with E-state index in [-0.39, 0.29) is 0 Å². The maximum Gasteiger partial charge on any atom is 0.133 e. The first-order valence-corrected chi connectivity index (χ1v) is 5.88. The first kappa shape index (κ1) is 10.4. The summed E-state index contributed by atoms with van der Waals surface area (Å²) in [5.74, 6) is 0. The Bertz CT molecular complexity index is 527. The minimum atomic E-state index is -0.969. The van der Waals surface area contributed by atoms with Gasteiger partial charge >= 0.3 is 0 Å². The SMILES string of the molecule is OC1(c2cnccn2)CCCc2ccccc21. The van der Waals surface area contributed by atoms with Crippen molar-refractivity contribution >= 4 is 0 Å². The van der Waals surface area contributed by atoms with Crippen LogP contribution in [0.5, 0.6) is 0 Å². The van der Waals surface area contributed by atoms with Crippen LogP contribution < -0.4 is 0 Å². The van der Waals surface area contributed by atoms with Crippen LogP contribution in [0.2, 0.25) is 0 Å². The molecule has 0 spiro atoms. The summed E-state index contributed by atoms with van der Waals surface area (Å²) in [6, 6.07) is 8.05. The van der Waals surface area contributed by atoms with E-state index in [1.165, 1.54) is 5.56 Å². The summed E-state index contributed by atoms with van der Waals surface area (Å²) in [4.78, 5) is 8.32. The Labute approximate surface area is 100 Å². The molecule has 17 heavy (non-hydrogen) atoms. The second kappa shape index (κ2) is 3.93. The Balaban J connectivity index is 2.16. The third kappa shape index (κ3) is 1.63. The molecular weight excluding hydrogens is 212 g/mol. The number of benzene rings is 1. The van der Waals surface area contributed by atoms with Gasteiger partial charge in [0.15, 0.2) is 0 Å². The zero-order valence-corrected chi connectivity index (χ0v) is 9.50. The van der Waals surface area contributed by atoms with Crippen molar-refractivity contribution in [3.05, 3.63) is 59.7 Å². The molecule has 1 aliphatic carbocycles. The van der Waals surface area contributed by atoms with Gasteiger partial charge in [0.1, 0.15) is 5.60 Å². The Morgan fingerprint density at radius 3 is 2.88 bits per heavy atom. The molecule has 1 aromatic carbocycles. The Morgan fingerprint density at radius 1 is 1.18 bits per heavy atom. The molecule has 1 unspecified atom stereocenters. The van der Waals surface area contributed by atoms with Crippen LogP contribution in [0.1, 0.15) is 29.7 Å². The first-order chi connectivity index (χ1) is 8.31. The van der Waals surface area contributed by atoms with Gasteiger partial charge in [-0.15, -0.1) is 0 Å². The van der Waals surface area contributed by atoms with Crippen molar-refractivity contribution in [2.75, 3.05) is 0 Å². The molecule has 1 heterocycles. The quantitative estimate of drug-likeness (QED) is 0.809. The number of hydrogen-bond donors (Lipinski definition) is 1. The fraction of sp³-hybridized carbons (Fsp3) is 0.286. The van der Waals surface area contributed by atoms with Gasteiger partial charge in [0, 0.05) is 12.4 Å². The van der Waals surface area contributed by atoms with Crippen LogP contribution in [0.25, 0.3) is 0 Å². The summed E-state index contributed by atoms with van der Waals surface area (Å²) in [6.45, 7) is 0. The predicted molar refractivity (Wildman–Crippen MR) is 64.4 cm³/mol. The van der Waals surface area contributed by atoms with E-state index in [0.29, 0.717) is 12.1 Å². The van der Waals surface area contributed by atoms with Crippen LogP contribution in [-0.2, 0) is 12.0 Å². The molecule has 3 heteroatoms. The molecule has 86 valence electrons. The molecule has 0 fully saturated rings. The minimum absolute atomic E-state index is 0.646. The van der Waals surface area contributed by atoms with E-state index in [9.17, 15) is 5.11 Å². The lowest BCUT2D eigenvalue weighted by molar-refractivity contribution is 0.0567. The van der Waals surface area contributed by atoms with Gasteiger partial charge in [-0.1, -0.05) is 24.3 Å². The van der Waals surface area contributed by atoms with Gasteiger partial charge in [-0.3, -0.25) is 9.97 Å². The number of rotatable bonds is 1. The van der Waals surface area contributed by atoms with Crippen molar-refractivity contribution in [2.45, 2.75) is 24.9 Å². The van der Waals surface area contributed by atoms with Crippen LogP contribution >= 0.6 is 0 Å². The van der Waals surface area contributed by atoms with Crippen LogP contribution in [0.4, 0.5) is 0 Å². The molecule has 3 nitrogen and oxygen atoms in total. The molecule has 0 bridgehead atoms. The monoisotopic (exact) mass is 226 g/mol. The topological polar surface area (TPSA) is 46.0 Å². The van der Waals surface area contributed by atoms with Crippen molar-refractivity contribution in [3.63, 3.8) is 0 Å². The first-order valence-electron chi connectivity index (χ1n) is 5.88. The highest BCUT2D eigenvalue weighted by atomic mass is 16.3. The molecule has 3 rings (SSSR count). The van der Waals surface area contributed by atoms with Gasteiger partial charge in [-0.2, -0.15) is 0 Å². The third-order valence-corrected chi connectivity index (χ3v) is 3.43. The fourth-order valence-electron chi connectivity index (χ4n) is 2.59. The lowest BCUT2D eigenvalue weighted by Gasteiger charge is -2.33. The normalized spacial score (nSPS) is 23.1. The lowest BCUT2D eigenvalue weighted by atomic mass is 9.77. The number of nitrogens with zero attached hydrogens (tertiary/aromatic N) is 2. The molecule has 1 aliphatic rings. The minimum Gasteiger partial charge on any atom is -0.379 e. The van der Waals surface area contributed by atoms with Crippen molar-refractivity contribution in [2.24, 2.45) is 0 Å². The highest BCUT2D eigenvalue weighted by Gasteiger charge is 2.37. The van der Waals surface area contributed by atoms with Crippen LogP contribution in [0.15, 0.2) is 42.9 Å². The Morgan fingerprint density at radius 2 is 2.06 bits per heavy atom. The summed E-state index contributed by atoms with van der Waals surface area (Å²) < 4.78 is 0. The number of hydrogen-bond acceptors (Lipinski definition) is 3. The number of aromatic nitrogens is 2. The molecular formula is C14H14N2O. The van der Waals surface area contributed by atoms with E-state index in [4.69, 9.17) is 0 Å². The van der Waals surface area contributed by atoms with E-state index in [0.717, 1.165) is 18.4 Å². The Hall–Kier alpha value is -1.74. The molecule has 2 aromatic rings. The molecule has 1 atom stereocenters. The molecule has 0 radical (unpaired) electrons. The highest BCUT2D eigenvalue weighted by Crippen LogP contribution is 2.39. The van der Waals surface area contributed by atoms with Gasteiger partial charge in [0.25, 0.3) is 0 Å². The Kier molecular flexibility index (Phi) is 2.41. The van der Waals surface area contributed by atoms with Gasteiger partial charge in [-0.25, -0.2) is 0 Å². The second-order valence-electron chi connectivity index (χ2n) is 4.46. The molecule has 0 saturated carbocycles. The van der Waals surface area contributed by atoms with E-state index in [2.05, 4.69) is 16.0 Å². The van der Waals surface area contributed by atoms with E-state index in [1.807, 2.05) is 18.2 Å². The van der Waals surface area contributed by atoms with Crippen LogP contribution in [0, 0.1) is 0 Å². The van der Waals surface area contributed by atoms with Gasteiger partial charge in [0.2, 0.25) is 0 Å². The molecule has 1 aromatic heterocycles. The largest absolute Gasteiger partial charge is 0.379 e. The standard InChI is InChI=1S/C14H14N2O/c17-14(13-10-15-8-9-16-13)7-3-5-11-4-1-2-6-12(11)14/h1-2,4,6,8-10,17H,3,5,7H2. The predicted octanol–water partition coefficient (Wildman–Crippen LogP) is 2.05. The maximum absolute atomic E-state index is 10.9. The van der Waals surface area contributed by atoms with Gasteiger partial charge in [-0.05, 0) is 30.4 Å². The summed E-state index contributed by atoms with van der Waals surface area (Å²) in [5, 5.41) is 10.9. The molecule has 0 saturated heterocycles. The van der Waals surface area contributed by atoms with Crippen LogP contribution in [-0.4, -0.2) is 15.1 Å². The smallest absolute Gasteiger partial charge is 0.133 e. The zero-order valence-electron chi connectivity index (χ0n) is 9.50. The van der Waals surface area contributed by atoms with E-state index < -0.39 is 5.60 Å². The number of aliphatic hydroxyl groups is 1. The average Bonchev–Trinajstić information content (AvgIpc) is 2.40. The fourth-order valence-corrected chi connectivity index (χ4v) is 2.59. The highest BCUT2D eigenvalue weighted by molar-refractivity contribution is 5.39. The number of aryl methyl sites for hydroxylation is 1. The van der Waals surface area contributed by atoms with Crippen molar-refractivity contribution in [1.82, 2.24) is 9.97 Å². The maximum atomic E-state index is 10.9. The zero-order chi connectivity index (χ0) is 11.7. The van der Waals surface area contributed by atoms with Gasteiger partial charge in [0.05, 0.1) is 11.9 Å². The second-order valence-corrected chi connectivity index (χ2v) is 4.46. The number of fused-ring (bicyclic) bond motifs is 1. The lowest BCUT2D eigenvalue weighted by Crippen LogP contribution is -2.32. The average molecular weight is 226 g/mol. The van der Waals surface area contributed by atoms with Gasteiger partial charge < -0.3 is 5.11 Å². The van der Waals surface area contributed by atoms with E-state index in [1.54, 1.807) is 18.6 Å². The van der Waals surface area contributed by atoms with Crippen LogP contribution in [0.3, 0.4) is 0 Å². The summed E-state index contributed by atoms with van der Waals surface area (Å²) in [6.07, 6.45) is 7.62. The van der Waals surface area contributed by atoms with Crippen molar-refractivity contribution in [3.8, 4) is 0 Å². The molecule has 1 N–H and O–H groups in total. The summed E-state index contributed by atoms with van der Waals surface area (Å²) >= 11 is 0. The van der Waals surface area contributed by atoms with Crippen molar-refractivity contribution < 1.29 is 5.11 Å². The molecule has 0 amide bonds. The molecule has 0 aliphatic heterocycles. The van der Waals surface area contributed by atoms with Crippen molar-refractivity contribution in [1.29, 1.82) is 0 Å². The summed E-state index contributed by atoms with van der Waals surface area (Å²) in [7, 11) is 0. The summed E-state index contributed by atoms with van der Waals surface area (Å²) in [5.41, 5.74) is 1.87. The van der Waals surface area contributed by atoms with E-state index >= 15 is 0 Å².